The lowest BCUT2D eigenvalue weighted by molar-refractivity contribution is 0.317. The van der Waals surface area contributed by atoms with E-state index in [1.807, 2.05) is 24.3 Å². The summed E-state index contributed by atoms with van der Waals surface area (Å²) in [6.07, 6.45) is 0.728. The van der Waals surface area contributed by atoms with E-state index >= 15 is 0 Å². The molecule has 2 aromatic carbocycles. The number of hydrogen-bond donors (Lipinski definition) is 1. The molecule has 1 aliphatic rings. The first-order valence-electron chi connectivity index (χ1n) is 6.74. The summed E-state index contributed by atoms with van der Waals surface area (Å²) in [7, 11) is 0. The predicted molar refractivity (Wildman–Crippen MR) is 87.9 cm³/mol. The summed E-state index contributed by atoms with van der Waals surface area (Å²) in [6.45, 7) is 4.29. The van der Waals surface area contributed by atoms with Crippen molar-refractivity contribution in [1.82, 2.24) is 0 Å². The fraction of sp³-hybridized carbons (Fsp3) is 0.235. The molecule has 108 valence electrons. The van der Waals surface area contributed by atoms with Crippen LogP contribution in [0.15, 0.2) is 41.6 Å². The van der Waals surface area contributed by atoms with Gasteiger partial charge in [0.25, 0.3) is 0 Å². The molecule has 0 unspecified atom stereocenters. The Morgan fingerprint density at radius 1 is 1.10 bits per heavy atom. The summed E-state index contributed by atoms with van der Waals surface area (Å²) < 4.78 is 0. The Kier molecular flexibility index (Phi) is 3.46. The van der Waals surface area contributed by atoms with Crippen molar-refractivity contribution in [2.75, 3.05) is 0 Å². The largest absolute Gasteiger partial charge is 0.411 e. The van der Waals surface area contributed by atoms with Gasteiger partial charge in [-0.3, -0.25) is 0 Å². The molecule has 0 spiro atoms. The Labute approximate surface area is 134 Å². The first kappa shape index (κ1) is 14.4. The van der Waals surface area contributed by atoms with E-state index in [0.717, 1.165) is 28.8 Å². The summed E-state index contributed by atoms with van der Waals surface area (Å²) >= 11 is 12.4. The number of fused-ring (bicyclic) bond motifs is 1. The van der Waals surface area contributed by atoms with Gasteiger partial charge in [-0.05, 0) is 28.7 Å². The van der Waals surface area contributed by atoms with Crippen LogP contribution in [0.2, 0.25) is 10.0 Å². The normalized spacial score (nSPS) is 18.0. The van der Waals surface area contributed by atoms with Crippen LogP contribution in [0.1, 0.15) is 31.4 Å². The topological polar surface area (TPSA) is 32.6 Å². The third-order valence-corrected chi connectivity index (χ3v) is 4.87. The van der Waals surface area contributed by atoms with E-state index in [1.165, 1.54) is 5.56 Å². The molecular formula is C17H15Cl2NO. The maximum absolute atomic E-state index is 9.16. The third-order valence-electron chi connectivity index (χ3n) is 4.05. The highest BCUT2D eigenvalue weighted by Crippen LogP contribution is 2.42. The molecule has 0 saturated carbocycles. The molecule has 3 rings (SSSR count). The first-order chi connectivity index (χ1) is 9.94. The van der Waals surface area contributed by atoms with Crippen molar-refractivity contribution in [3.8, 4) is 11.1 Å². The molecular weight excluding hydrogens is 305 g/mol. The average molecular weight is 320 g/mol. The van der Waals surface area contributed by atoms with Gasteiger partial charge in [0.2, 0.25) is 0 Å². The van der Waals surface area contributed by atoms with Gasteiger partial charge in [-0.15, -0.1) is 0 Å². The van der Waals surface area contributed by atoms with Gasteiger partial charge in [0.1, 0.15) is 0 Å². The summed E-state index contributed by atoms with van der Waals surface area (Å²) in [5.41, 5.74) is 4.79. The molecule has 0 heterocycles. The van der Waals surface area contributed by atoms with E-state index in [2.05, 4.69) is 25.1 Å². The Hall–Kier alpha value is -1.51. The number of halogens is 2. The van der Waals surface area contributed by atoms with E-state index in [4.69, 9.17) is 28.4 Å². The quantitative estimate of drug-likeness (QED) is 0.544. The van der Waals surface area contributed by atoms with Crippen LogP contribution < -0.4 is 0 Å². The predicted octanol–water partition coefficient (Wildman–Crippen LogP) is 5.52. The lowest BCUT2D eigenvalue weighted by atomic mass is 9.85. The molecule has 4 heteroatoms. The maximum atomic E-state index is 9.16. The molecule has 21 heavy (non-hydrogen) atoms. The molecule has 0 fully saturated rings. The molecule has 0 aromatic heterocycles. The number of benzene rings is 2. The molecule has 0 atom stereocenters. The summed E-state index contributed by atoms with van der Waals surface area (Å²) in [5, 5.41) is 13.7. The minimum absolute atomic E-state index is 0.0576. The highest BCUT2D eigenvalue weighted by molar-refractivity contribution is 6.43. The SMILES string of the molecule is CC1(C)C/C(=N\O)c2ccc(-c3cccc(Cl)c3Cl)cc21. The lowest BCUT2D eigenvalue weighted by Gasteiger charge is -2.19. The second kappa shape index (κ2) is 5.04. The third kappa shape index (κ3) is 2.33. The molecule has 0 aliphatic heterocycles. The average Bonchev–Trinajstić information content (AvgIpc) is 2.73. The van der Waals surface area contributed by atoms with Gasteiger partial charge in [0.15, 0.2) is 0 Å². The number of rotatable bonds is 1. The number of nitrogens with zero attached hydrogens (tertiary/aromatic N) is 1. The second-order valence-electron chi connectivity index (χ2n) is 5.97. The van der Waals surface area contributed by atoms with Crippen molar-refractivity contribution < 1.29 is 5.21 Å². The van der Waals surface area contributed by atoms with Crippen LogP contribution in [0, 0.1) is 0 Å². The fourth-order valence-electron chi connectivity index (χ4n) is 2.95. The Balaban J connectivity index is 2.19. The Morgan fingerprint density at radius 2 is 1.86 bits per heavy atom. The zero-order valence-corrected chi connectivity index (χ0v) is 13.3. The number of oxime groups is 1. The lowest BCUT2D eigenvalue weighted by Crippen LogP contribution is -2.12. The van der Waals surface area contributed by atoms with E-state index in [9.17, 15) is 0 Å². The zero-order chi connectivity index (χ0) is 15.2. The van der Waals surface area contributed by atoms with Crippen LogP contribution in [0.3, 0.4) is 0 Å². The van der Waals surface area contributed by atoms with Crippen LogP contribution >= 0.6 is 23.2 Å². The van der Waals surface area contributed by atoms with Gasteiger partial charge in [-0.2, -0.15) is 0 Å². The highest BCUT2D eigenvalue weighted by Gasteiger charge is 2.35. The summed E-state index contributed by atoms with van der Waals surface area (Å²) in [6, 6.07) is 11.7. The van der Waals surface area contributed by atoms with E-state index in [-0.39, 0.29) is 5.41 Å². The van der Waals surface area contributed by atoms with E-state index in [1.54, 1.807) is 6.07 Å². The highest BCUT2D eigenvalue weighted by atomic mass is 35.5. The Morgan fingerprint density at radius 3 is 2.57 bits per heavy atom. The molecule has 2 nitrogen and oxygen atoms in total. The van der Waals surface area contributed by atoms with Crippen molar-refractivity contribution in [3.05, 3.63) is 57.6 Å². The van der Waals surface area contributed by atoms with Crippen molar-refractivity contribution >= 4 is 28.9 Å². The van der Waals surface area contributed by atoms with Crippen molar-refractivity contribution in [1.29, 1.82) is 0 Å². The van der Waals surface area contributed by atoms with E-state index in [0.29, 0.717) is 10.0 Å². The molecule has 2 aromatic rings. The van der Waals surface area contributed by atoms with Crippen molar-refractivity contribution in [3.63, 3.8) is 0 Å². The van der Waals surface area contributed by atoms with E-state index < -0.39 is 0 Å². The summed E-state index contributed by atoms with van der Waals surface area (Å²) in [5.74, 6) is 0. The molecule has 1 N–H and O–H groups in total. The van der Waals surface area contributed by atoms with Crippen LogP contribution in [0.5, 0.6) is 0 Å². The van der Waals surface area contributed by atoms with Gasteiger partial charge in [0, 0.05) is 17.5 Å². The van der Waals surface area contributed by atoms with Crippen LogP contribution in [0.4, 0.5) is 0 Å². The molecule has 1 aliphatic carbocycles. The molecule has 0 amide bonds. The van der Waals surface area contributed by atoms with Crippen molar-refractivity contribution in [2.45, 2.75) is 25.7 Å². The number of hydrogen-bond acceptors (Lipinski definition) is 2. The zero-order valence-electron chi connectivity index (χ0n) is 11.8. The second-order valence-corrected chi connectivity index (χ2v) is 6.75. The van der Waals surface area contributed by atoms with Crippen LogP contribution in [-0.4, -0.2) is 10.9 Å². The van der Waals surface area contributed by atoms with Crippen LogP contribution in [-0.2, 0) is 5.41 Å². The smallest absolute Gasteiger partial charge is 0.0879 e. The molecule has 0 bridgehead atoms. The maximum Gasteiger partial charge on any atom is 0.0879 e. The first-order valence-corrected chi connectivity index (χ1v) is 7.50. The molecule has 0 saturated heterocycles. The monoisotopic (exact) mass is 319 g/mol. The summed E-state index contributed by atoms with van der Waals surface area (Å²) in [4.78, 5) is 0. The Bertz CT molecular complexity index is 750. The molecule has 0 radical (unpaired) electrons. The minimum atomic E-state index is -0.0576. The van der Waals surface area contributed by atoms with Gasteiger partial charge < -0.3 is 5.21 Å². The van der Waals surface area contributed by atoms with Crippen molar-refractivity contribution in [2.24, 2.45) is 5.16 Å². The van der Waals surface area contributed by atoms with Gasteiger partial charge in [0.05, 0.1) is 15.8 Å². The minimum Gasteiger partial charge on any atom is -0.411 e. The van der Waals surface area contributed by atoms with Gasteiger partial charge in [-0.1, -0.05) is 66.5 Å². The van der Waals surface area contributed by atoms with Gasteiger partial charge >= 0.3 is 0 Å². The standard InChI is InChI=1S/C17H15Cl2NO/c1-17(2)9-15(20-21)12-7-6-10(8-13(12)17)11-4-3-5-14(18)16(11)19/h3-8,21H,9H2,1-2H3/b20-15+. The van der Waals surface area contributed by atoms with Crippen LogP contribution in [0.25, 0.3) is 11.1 Å². The van der Waals surface area contributed by atoms with Gasteiger partial charge in [-0.25, -0.2) is 0 Å². The fourth-order valence-corrected chi connectivity index (χ4v) is 3.36.